The van der Waals surface area contributed by atoms with Crippen molar-refractivity contribution in [3.8, 4) is 5.75 Å². The van der Waals surface area contributed by atoms with Gasteiger partial charge in [0.25, 0.3) is 0 Å². The van der Waals surface area contributed by atoms with E-state index in [0.717, 1.165) is 49.0 Å². The molecular formula is C15H19N3O2. The van der Waals surface area contributed by atoms with Crippen molar-refractivity contribution in [2.75, 3.05) is 13.1 Å². The van der Waals surface area contributed by atoms with E-state index in [-0.39, 0.29) is 5.60 Å². The predicted molar refractivity (Wildman–Crippen MR) is 74.4 cm³/mol. The van der Waals surface area contributed by atoms with Crippen LogP contribution in [0.3, 0.4) is 0 Å². The standard InChI is InChI=1S/C15H19N3O2/c19-17-13-9-15(20-14-10-16-6-3-12(13)14)4-7-18(8-5-15)11-1-2-11/h3,6,10-11,19H,1-2,4-5,7-9H2/b17-13+. The lowest BCUT2D eigenvalue weighted by Crippen LogP contribution is -2.51. The molecule has 3 aliphatic rings. The smallest absolute Gasteiger partial charge is 0.147 e. The third-order valence-electron chi connectivity index (χ3n) is 4.80. The predicted octanol–water partition coefficient (Wildman–Crippen LogP) is 2.04. The second-order valence-corrected chi connectivity index (χ2v) is 6.15. The van der Waals surface area contributed by atoms with Gasteiger partial charge < -0.3 is 14.8 Å². The summed E-state index contributed by atoms with van der Waals surface area (Å²) in [6.07, 6.45) is 8.83. The Bertz CT molecular complexity index is 546. The van der Waals surface area contributed by atoms with E-state index in [9.17, 15) is 5.21 Å². The molecule has 1 aliphatic carbocycles. The van der Waals surface area contributed by atoms with Gasteiger partial charge in [-0.1, -0.05) is 5.16 Å². The maximum atomic E-state index is 9.30. The van der Waals surface area contributed by atoms with Crippen molar-refractivity contribution in [2.45, 2.75) is 43.7 Å². The van der Waals surface area contributed by atoms with Crippen molar-refractivity contribution >= 4 is 5.71 Å². The number of fused-ring (bicyclic) bond motifs is 1. The molecule has 2 fully saturated rings. The van der Waals surface area contributed by atoms with Crippen LogP contribution >= 0.6 is 0 Å². The van der Waals surface area contributed by atoms with Crippen molar-refractivity contribution in [2.24, 2.45) is 5.16 Å². The number of rotatable bonds is 1. The Morgan fingerprint density at radius 1 is 1.35 bits per heavy atom. The lowest BCUT2D eigenvalue weighted by Gasteiger charge is -2.44. The largest absolute Gasteiger partial charge is 0.484 e. The monoisotopic (exact) mass is 273 g/mol. The topological polar surface area (TPSA) is 58.0 Å². The molecule has 0 radical (unpaired) electrons. The first-order valence-electron chi connectivity index (χ1n) is 7.38. The van der Waals surface area contributed by atoms with Crippen LogP contribution in [-0.4, -0.2) is 45.5 Å². The van der Waals surface area contributed by atoms with Gasteiger partial charge in [-0.15, -0.1) is 0 Å². The Morgan fingerprint density at radius 2 is 2.15 bits per heavy atom. The van der Waals surface area contributed by atoms with Crippen molar-refractivity contribution in [3.05, 3.63) is 24.0 Å². The molecule has 5 heteroatoms. The Kier molecular flexibility index (Phi) is 2.70. The number of aromatic nitrogens is 1. The SMILES string of the molecule is O/N=C1\CC2(CCN(C3CC3)CC2)Oc2cnccc21. The highest BCUT2D eigenvalue weighted by Crippen LogP contribution is 2.41. The summed E-state index contributed by atoms with van der Waals surface area (Å²) in [6, 6.07) is 2.67. The molecule has 0 bridgehead atoms. The zero-order chi connectivity index (χ0) is 13.6. The zero-order valence-corrected chi connectivity index (χ0v) is 11.5. The van der Waals surface area contributed by atoms with Crippen molar-refractivity contribution < 1.29 is 9.94 Å². The van der Waals surface area contributed by atoms with Gasteiger partial charge in [0, 0.05) is 50.2 Å². The first-order valence-corrected chi connectivity index (χ1v) is 7.38. The molecule has 20 heavy (non-hydrogen) atoms. The van der Waals surface area contributed by atoms with Gasteiger partial charge >= 0.3 is 0 Å². The zero-order valence-electron chi connectivity index (χ0n) is 11.5. The van der Waals surface area contributed by atoms with E-state index in [2.05, 4.69) is 15.0 Å². The van der Waals surface area contributed by atoms with Crippen molar-refractivity contribution in [3.63, 3.8) is 0 Å². The first-order chi connectivity index (χ1) is 9.80. The third kappa shape index (κ3) is 1.97. The minimum absolute atomic E-state index is 0.205. The van der Waals surface area contributed by atoms with Crippen LogP contribution < -0.4 is 4.74 Å². The molecule has 0 aromatic carbocycles. The highest BCUT2D eigenvalue weighted by molar-refractivity contribution is 6.03. The van der Waals surface area contributed by atoms with Crippen molar-refractivity contribution in [1.29, 1.82) is 0 Å². The van der Waals surface area contributed by atoms with Crippen molar-refractivity contribution in [1.82, 2.24) is 9.88 Å². The number of pyridine rings is 1. The summed E-state index contributed by atoms with van der Waals surface area (Å²) in [7, 11) is 0. The molecule has 5 nitrogen and oxygen atoms in total. The summed E-state index contributed by atoms with van der Waals surface area (Å²) in [5, 5.41) is 12.8. The Hall–Kier alpha value is -1.62. The van der Waals surface area contributed by atoms with Crippen LogP contribution in [0.5, 0.6) is 5.75 Å². The fraction of sp³-hybridized carbons (Fsp3) is 0.600. The molecule has 1 saturated carbocycles. The highest BCUT2D eigenvalue weighted by Gasteiger charge is 2.44. The van der Waals surface area contributed by atoms with E-state index in [0.29, 0.717) is 6.42 Å². The molecule has 106 valence electrons. The normalized spacial score (nSPS) is 27.3. The van der Waals surface area contributed by atoms with E-state index < -0.39 is 0 Å². The summed E-state index contributed by atoms with van der Waals surface area (Å²) in [6.45, 7) is 2.16. The number of likely N-dealkylation sites (tertiary alicyclic amines) is 1. The molecule has 0 unspecified atom stereocenters. The van der Waals surface area contributed by atoms with Gasteiger partial charge in [-0.05, 0) is 18.9 Å². The Labute approximate surface area is 118 Å². The van der Waals surface area contributed by atoms with E-state index >= 15 is 0 Å². The van der Waals surface area contributed by atoms with Gasteiger partial charge in [-0.2, -0.15) is 0 Å². The Morgan fingerprint density at radius 3 is 2.85 bits per heavy atom. The molecule has 1 spiro atoms. The molecule has 0 amide bonds. The fourth-order valence-corrected chi connectivity index (χ4v) is 3.47. The van der Waals surface area contributed by atoms with Crippen LogP contribution in [0.25, 0.3) is 0 Å². The molecule has 0 atom stereocenters. The van der Waals surface area contributed by atoms with Gasteiger partial charge in [0.2, 0.25) is 0 Å². The van der Waals surface area contributed by atoms with Gasteiger partial charge in [-0.25, -0.2) is 0 Å². The van der Waals surface area contributed by atoms with Crippen LogP contribution in [0.2, 0.25) is 0 Å². The summed E-state index contributed by atoms with van der Waals surface area (Å²) in [5.74, 6) is 0.756. The number of piperidine rings is 1. The molecule has 4 rings (SSSR count). The second-order valence-electron chi connectivity index (χ2n) is 6.15. The summed E-state index contributed by atoms with van der Waals surface area (Å²) in [5.41, 5.74) is 1.40. The fourth-order valence-electron chi connectivity index (χ4n) is 3.47. The molecule has 1 N–H and O–H groups in total. The number of hydrogen-bond donors (Lipinski definition) is 1. The number of hydrogen-bond acceptors (Lipinski definition) is 5. The summed E-state index contributed by atoms with van der Waals surface area (Å²) < 4.78 is 6.26. The average molecular weight is 273 g/mol. The average Bonchev–Trinajstić information content (AvgIpc) is 3.32. The van der Waals surface area contributed by atoms with Crippen LogP contribution in [0.4, 0.5) is 0 Å². The summed E-state index contributed by atoms with van der Waals surface area (Å²) >= 11 is 0. The number of nitrogens with zero attached hydrogens (tertiary/aromatic N) is 3. The minimum Gasteiger partial charge on any atom is -0.484 e. The third-order valence-corrected chi connectivity index (χ3v) is 4.80. The quantitative estimate of drug-likeness (QED) is 0.628. The molecule has 1 aromatic rings. The van der Waals surface area contributed by atoms with Crippen LogP contribution in [0.1, 0.15) is 37.7 Å². The summed E-state index contributed by atoms with van der Waals surface area (Å²) in [4.78, 5) is 6.70. The van der Waals surface area contributed by atoms with Gasteiger partial charge in [0.15, 0.2) is 0 Å². The molecule has 2 aliphatic heterocycles. The minimum atomic E-state index is -0.205. The van der Waals surface area contributed by atoms with Gasteiger partial charge in [-0.3, -0.25) is 4.98 Å². The maximum absolute atomic E-state index is 9.30. The molecule has 3 heterocycles. The first kappa shape index (κ1) is 12.1. The van der Waals surface area contributed by atoms with Crippen LogP contribution in [0.15, 0.2) is 23.6 Å². The Balaban J connectivity index is 1.59. The van der Waals surface area contributed by atoms with E-state index in [1.165, 1.54) is 12.8 Å². The molecule has 1 saturated heterocycles. The number of ether oxygens (including phenoxy) is 1. The molecular weight excluding hydrogens is 254 g/mol. The van der Waals surface area contributed by atoms with E-state index in [1.807, 2.05) is 6.07 Å². The lowest BCUT2D eigenvalue weighted by molar-refractivity contribution is 0.000132. The maximum Gasteiger partial charge on any atom is 0.147 e. The van der Waals surface area contributed by atoms with Gasteiger partial charge in [0.05, 0.1) is 11.9 Å². The second kappa shape index (κ2) is 4.45. The van der Waals surface area contributed by atoms with E-state index in [1.54, 1.807) is 12.4 Å². The van der Waals surface area contributed by atoms with Crippen LogP contribution in [-0.2, 0) is 0 Å². The number of oxime groups is 1. The lowest BCUT2D eigenvalue weighted by atomic mass is 9.82. The van der Waals surface area contributed by atoms with Crippen LogP contribution in [0, 0.1) is 0 Å². The highest BCUT2D eigenvalue weighted by atomic mass is 16.5. The van der Waals surface area contributed by atoms with Gasteiger partial charge in [0.1, 0.15) is 11.4 Å². The molecule has 1 aromatic heterocycles. The van der Waals surface area contributed by atoms with E-state index in [4.69, 9.17) is 4.74 Å².